The number of sulfonamides is 1. The molecular formula is C14H22N2O4S. The minimum atomic E-state index is -3.70. The van der Waals surface area contributed by atoms with Gasteiger partial charge < -0.3 is 15.6 Å². The molecule has 4 N–H and O–H groups in total. The lowest BCUT2D eigenvalue weighted by Crippen LogP contribution is -2.47. The summed E-state index contributed by atoms with van der Waals surface area (Å²) in [5.41, 5.74) is 6.03. The molecule has 0 spiro atoms. The van der Waals surface area contributed by atoms with Crippen molar-refractivity contribution < 1.29 is 18.3 Å². The van der Waals surface area contributed by atoms with Gasteiger partial charge in [0, 0.05) is 25.3 Å². The topological polar surface area (TPSA) is 102 Å². The van der Waals surface area contributed by atoms with Crippen LogP contribution in [0, 0.1) is 0 Å². The summed E-state index contributed by atoms with van der Waals surface area (Å²) in [4.78, 5) is 0.104. The first-order valence-corrected chi connectivity index (χ1v) is 8.49. The van der Waals surface area contributed by atoms with Crippen LogP contribution in [0.2, 0.25) is 0 Å². The van der Waals surface area contributed by atoms with Gasteiger partial charge in [0.05, 0.1) is 11.0 Å². The van der Waals surface area contributed by atoms with Crippen molar-refractivity contribution in [2.75, 3.05) is 18.9 Å². The van der Waals surface area contributed by atoms with E-state index in [2.05, 4.69) is 4.72 Å². The van der Waals surface area contributed by atoms with Crippen LogP contribution in [0.4, 0.5) is 5.69 Å². The van der Waals surface area contributed by atoms with Gasteiger partial charge in [-0.25, -0.2) is 13.1 Å². The van der Waals surface area contributed by atoms with E-state index in [1.165, 1.54) is 12.1 Å². The normalized spacial score (nSPS) is 26.1. The number of hydrogen-bond acceptors (Lipinski definition) is 5. The van der Waals surface area contributed by atoms with E-state index < -0.39 is 21.7 Å². The van der Waals surface area contributed by atoms with Gasteiger partial charge in [0.25, 0.3) is 0 Å². The first-order valence-electron chi connectivity index (χ1n) is 7.00. The van der Waals surface area contributed by atoms with Crippen molar-refractivity contribution in [3.63, 3.8) is 0 Å². The zero-order valence-corrected chi connectivity index (χ0v) is 13.1. The fourth-order valence-electron chi connectivity index (χ4n) is 2.37. The van der Waals surface area contributed by atoms with E-state index >= 15 is 0 Å². The number of hydrogen-bond donors (Lipinski definition) is 3. The second kappa shape index (κ2) is 5.92. The summed E-state index contributed by atoms with van der Waals surface area (Å²) in [5, 5.41) is 10.3. The van der Waals surface area contributed by atoms with Crippen LogP contribution in [0.25, 0.3) is 0 Å². The Bertz CT molecular complexity index is 617. The lowest BCUT2D eigenvalue weighted by molar-refractivity contribution is -0.0228. The van der Waals surface area contributed by atoms with Gasteiger partial charge >= 0.3 is 0 Å². The van der Waals surface area contributed by atoms with Crippen LogP contribution in [0.3, 0.4) is 0 Å². The number of aryl methyl sites for hydroxylation is 1. The van der Waals surface area contributed by atoms with E-state index in [9.17, 15) is 13.5 Å². The number of ether oxygens (including phenoxy) is 1. The van der Waals surface area contributed by atoms with Gasteiger partial charge in [0.2, 0.25) is 10.0 Å². The Morgan fingerprint density at radius 3 is 2.76 bits per heavy atom. The van der Waals surface area contributed by atoms with Gasteiger partial charge in [-0.1, -0.05) is 13.0 Å². The lowest BCUT2D eigenvalue weighted by atomic mass is 9.97. The van der Waals surface area contributed by atoms with Crippen LogP contribution in [-0.2, 0) is 21.2 Å². The Labute approximate surface area is 125 Å². The molecule has 7 heteroatoms. The molecule has 118 valence electrons. The minimum absolute atomic E-state index is 0.0774. The third kappa shape index (κ3) is 3.37. The van der Waals surface area contributed by atoms with Crippen molar-refractivity contribution in [2.45, 2.75) is 43.3 Å². The summed E-state index contributed by atoms with van der Waals surface area (Å²) in [5.74, 6) is 0. The quantitative estimate of drug-likeness (QED) is 0.693. The third-order valence-electron chi connectivity index (χ3n) is 4.04. The number of nitrogen functional groups attached to an aromatic ring is 1. The molecule has 1 aliphatic rings. The maximum absolute atomic E-state index is 12.3. The van der Waals surface area contributed by atoms with E-state index in [0.29, 0.717) is 18.7 Å². The molecular weight excluding hydrogens is 292 g/mol. The summed E-state index contributed by atoms with van der Waals surface area (Å²) >= 11 is 0. The first-order chi connectivity index (χ1) is 9.78. The Hall–Kier alpha value is -1.15. The number of aliphatic hydroxyl groups is 1. The minimum Gasteiger partial charge on any atom is -0.398 e. The molecule has 1 aliphatic heterocycles. The van der Waals surface area contributed by atoms with Gasteiger partial charge in [0.1, 0.15) is 5.60 Å². The third-order valence-corrected chi connectivity index (χ3v) is 5.44. The van der Waals surface area contributed by atoms with E-state index in [4.69, 9.17) is 10.5 Å². The molecule has 1 saturated heterocycles. The fraction of sp³-hybridized carbons (Fsp3) is 0.571. The molecule has 2 atom stereocenters. The second-order valence-electron chi connectivity index (χ2n) is 5.41. The molecule has 0 bridgehead atoms. The molecule has 1 aromatic rings. The van der Waals surface area contributed by atoms with Crippen LogP contribution in [0.1, 0.15) is 25.8 Å². The van der Waals surface area contributed by atoms with Crippen molar-refractivity contribution in [3.8, 4) is 0 Å². The fourth-order valence-corrected chi connectivity index (χ4v) is 3.50. The summed E-state index contributed by atoms with van der Waals surface area (Å²) in [6.45, 7) is 4.04. The SMILES string of the molecule is CCc1ccc(S(=O)(=O)NCC2(O)CCOC2C)cc1N. The Kier molecular flexibility index (Phi) is 4.57. The van der Waals surface area contributed by atoms with Gasteiger partial charge in [-0.15, -0.1) is 0 Å². The highest BCUT2D eigenvalue weighted by Gasteiger charge is 2.40. The van der Waals surface area contributed by atoms with Crippen LogP contribution < -0.4 is 10.5 Å². The first kappa shape index (κ1) is 16.2. The number of benzene rings is 1. The number of rotatable bonds is 5. The second-order valence-corrected chi connectivity index (χ2v) is 7.17. The molecule has 0 radical (unpaired) electrons. The maximum Gasteiger partial charge on any atom is 0.240 e. The average Bonchev–Trinajstić information content (AvgIpc) is 2.77. The molecule has 0 aliphatic carbocycles. The molecule has 1 aromatic carbocycles. The van der Waals surface area contributed by atoms with Crippen LogP contribution in [0.15, 0.2) is 23.1 Å². The summed E-state index contributed by atoms with van der Waals surface area (Å²) in [6, 6.07) is 4.68. The highest BCUT2D eigenvalue weighted by atomic mass is 32.2. The average molecular weight is 314 g/mol. The van der Waals surface area contributed by atoms with E-state index in [1.54, 1.807) is 13.0 Å². The molecule has 2 rings (SSSR count). The van der Waals surface area contributed by atoms with Gasteiger partial charge in [-0.3, -0.25) is 0 Å². The van der Waals surface area contributed by atoms with E-state index in [0.717, 1.165) is 12.0 Å². The van der Waals surface area contributed by atoms with Crippen LogP contribution in [0.5, 0.6) is 0 Å². The standard InChI is InChI=1S/C14H22N2O4S/c1-3-11-4-5-12(8-13(11)15)21(18,19)16-9-14(17)6-7-20-10(14)2/h4-5,8,10,16-17H,3,6-7,9,15H2,1-2H3. The summed E-state index contributed by atoms with van der Waals surface area (Å²) in [6.07, 6.45) is 0.759. The molecule has 1 fully saturated rings. The largest absolute Gasteiger partial charge is 0.398 e. The predicted molar refractivity (Wildman–Crippen MR) is 80.4 cm³/mol. The van der Waals surface area contributed by atoms with Crippen molar-refractivity contribution >= 4 is 15.7 Å². The van der Waals surface area contributed by atoms with Crippen LogP contribution in [-0.4, -0.2) is 38.4 Å². The van der Waals surface area contributed by atoms with Crippen molar-refractivity contribution in [1.29, 1.82) is 0 Å². The molecule has 0 aromatic heterocycles. The van der Waals surface area contributed by atoms with Crippen molar-refractivity contribution in [1.82, 2.24) is 4.72 Å². The van der Waals surface area contributed by atoms with Crippen molar-refractivity contribution in [3.05, 3.63) is 23.8 Å². The number of nitrogens with two attached hydrogens (primary N) is 1. The van der Waals surface area contributed by atoms with Crippen molar-refractivity contribution in [2.24, 2.45) is 0 Å². The number of anilines is 1. The van der Waals surface area contributed by atoms with E-state index in [-0.39, 0.29) is 11.4 Å². The zero-order chi connectivity index (χ0) is 15.7. The smallest absolute Gasteiger partial charge is 0.240 e. The summed E-state index contributed by atoms with van der Waals surface area (Å²) < 4.78 is 32.3. The Morgan fingerprint density at radius 1 is 1.52 bits per heavy atom. The summed E-state index contributed by atoms with van der Waals surface area (Å²) in [7, 11) is -3.70. The van der Waals surface area contributed by atoms with Gasteiger partial charge in [0.15, 0.2) is 0 Å². The Morgan fingerprint density at radius 2 is 2.24 bits per heavy atom. The molecule has 0 saturated carbocycles. The highest BCUT2D eigenvalue weighted by molar-refractivity contribution is 7.89. The Balaban J connectivity index is 2.13. The highest BCUT2D eigenvalue weighted by Crippen LogP contribution is 2.25. The maximum atomic E-state index is 12.3. The molecule has 0 amide bonds. The van der Waals surface area contributed by atoms with Gasteiger partial charge in [-0.2, -0.15) is 0 Å². The molecule has 2 unspecified atom stereocenters. The molecule has 6 nitrogen and oxygen atoms in total. The monoisotopic (exact) mass is 314 g/mol. The van der Waals surface area contributed by atoms with Crippen LogP contribution >= 0.6 is 0 Å². The van der Waals surface area contributed by atoms with Gasteiger partial charge in [-0.05, 0) is 31.0 Å². The zero-order valence-electron chi connectivity index (χ0n) is 12.3. The molecule has 1 heterocycles. The lowest BCUT2D eigenvalue weighted by Gasteiger charge is -2.26. The molecule has 21 heavy (non-hydrogen) atoms. The predicted octanol–water partition coefficient (Wildman–Crippen LogP) is 0.649. The number of nitrogens with one attached hydrogen (secondary N) is 1. The van der Waals surface area contributed by atoms with E-state index in [1.807, 2.05) is 6.92 Å².